The quantitative estimate of drug-likeness (QED) is 0.771. The lowest BCUT2D eigenvalue weighted by atomic mass is 10.1. The van der Waals surface area contributed by atoms with Crippen molar-refractivity contribution in [2.45, 2.75) is 32.2 Å². The first kappa shape index (κ1) is 12.3. The summed E-state index contributed by atoms with van der Waals surface area (Å²) in [6, 6.07) is 1.54. The molecule has 1 aromatic rings. The van der Waals surface area contributed by atoms with Gasteiger partial charge in [0.25, 0.3) is 5.91 Å². The third kappa shape index (κ3) is 4.16. The summed E-state index contributed by atoms with van der Waals surface area (Å²) >= 11 is 0. The Hall–Kier alpha value is -1.78. The van der Waals surface area contributed by atoms with Crippen LogP contribution in [-0.2, 0) is 4.79 Å². The Morgan fingerprint density at radius 2 is 2.31 bits per heavy atom. The molecule has 1 heterocycles. The van der Waals surface area contributed by atoms with Gasteiger partial charge in [-0.2, -0.15) is 0 Å². The second-order valence-corrected chi connectivity index (χ2v) is 3.67. The number of rotatable bonds is 6. The molecule has 0 radical (unpaired) electrons. The van der Waals surface area contributed by atoms with E-state index in [4.69, 9.17) is 9.52 Å². The van der Waals surface area contributed by atoms with Crippen molar-refractivity contribution in [2.24, 2.45) is 0 Å². The van der Waals surface area contributed by atoms with Crippen molar-refractivity contribution in [3.63, 3.8) is 0 Å². The number of carboxylic acid groups (broad SMARTS) is 1. The van der Waals surface area contributed by atoms with Crippen molar-refractivity contribution >= 4 is 11.9 Å². The van der Waals surface area contributed by atoms with Crippen molar-refractivity contribution in [1.82, 2.24) is 5.32 Å². The molecule has 1 aromatic heterocycles. The summed E-state index contributed by atoms with van der Waals surface area (Å²) in [5, 5.41) is 11.2. The molecule has 1 unspecified atom stereocenters. The van der Waals surface area contributed by atoms with Gasteiger partial charge in [-0.25, -0.2) is 0 Å². The van der Waals surface area contributed by atoms with E-state index in [1.54, 1.807) is 6.07 Å². The van der Waals surface area contributed by atoms with Gasteiger partial charge in [-0.1, -0.05) is 0 Å². The molecule has 0 spiro atoms. The molecule has 88 valence electrons. The second-order valence-electron chi connectivity index (χ2n) is 3.67. The minimum Gasteiger partial charge on any atom is -0.481 e. The van der Waals surface area contributed by atoms with E-state index in [-0.39, 0.29) is 18.4 Å². The lowest BCUT2D eigenvalue weighted by molar-refractivity contribution is -0.137. The number of carboxylic acids is 1. The highest BCUT2D eigenvalue weighted by atomic mass is 16.4. The summed E-state index contributed by atoms with van der Waals surface area (Å²) in [5.74, 6) is -1.01. The predicted octanol–water partition coefficient (Wildman–Crippen LogP) is 1.65. The lowest BCUT2D eigenvalue weighted by Crippen LogP contribution is -2.32. The molecule has 0 saturated heterocycles. The monoisotopic (exact) mass is 225 g/mol. The highest BCUT2D eigenvalue weighted by molar-refractivity contribution is 5.93. The van der Waals surface area contributed by atoms with Crippen LogP contribution in [0.1, 0.15) is 36.5 Å². The van der Waals surface area contributed by atoms with Crippen molar-refractivity contribution < 1.29 is 19.1 Å². The largest absolute Gasteiger partial charge is 0.481 e. The van der Waals surface area contributed by atoms with Crippen LogP contribution < -0.4 is 5.32 Å². The van der Waals surface area contributed by atoms with Crippen LogP contribution in [0.4, 0.5) is 0 Å². The molecule has 1 atom stereocenters. The molecule has 0 fully saturated rings. The molecule has 16 heavy (non-hydrogen) atoms. The Labute approximate surface area is 93.4 Å². The van der Waals surface area contributed by atoms with E-state index in [0.29, 0.717) is 18.4 Å². The summed E-state index contributed by atoms with van der Waals surface area (Å²) in [6.07, 6.45) is 4.15. The van der Waals surface area contributed by atoms with Crippen LogP contribution in [0.3, 0.4) is 0 Å². The predicted molar refractivity (Wildman–Crippen MR) is 57.1 cm³/mol. The molecule has 0 aliphatic heterocycles. The van der Waals surface area contributed by atoms with Gasteiger partial charge in [0.2, 0.25) is 0 Å². The Kier molecular flexibility index (Phi) is 4.57. The molecule has 0 aliphatic rings. The number of furan rings is 1. The van der Waals surface area contributed by atoms with Gasteiger partial charge in [-0.05, 0) is 25.8 Å². The highest BCUT2D eigenvalue weighted by Crippen LogP contribution is 2.04. The summed E-state index contributed by atoms with van der Waals surface area (Å²) in [5.41, 5.74) is 0.477. The fourth-order valence-corrected chi connectivity index (χ4v) is 1.33. The Morgan fingerprint density at radius 1 is 1.56 bits per heavy atom. The fraction of sp³-hybridized carbons (Fsp3) is 0.455. The first-order valence-electron chi connectivity index (χ1n) is 5.14. The van der Waals surface area contributed by atoms with Gasteiger partial charge in [0.1, 0.15) is 6.26 Å². The Bertz CT molecular complexity index is 345. The summed E-state index contributed by atoms with van der Waals surface area (Å²) in [4.78, 5) is 21.8. The van der Waals surface area contributed by atoms with Gasteiger partial charge in [0, 0.05) is 12.5 Å². The minimum atomic E-state index is -0.812. The first-order valence-corrected chi connectivity index (χ1v) is 5.14. The minimum absolute atomic E-state index is 0.0400. The average Bonchev–Trinajstić information content (AvgIpc) is 2.69. The van der Waals surface area contributed by atoms with E-state index in [1.807, 2.05) is 6.92 Å². The van der Waals surface area contributed by atoms with Crippen LogP contribution in [-0.4, -0.2) is 23.0 Å². The zero-order valence-electron chi connectivity index (χ0n) is 9.10. The van der Waals surface area contributed by atoms with E-state index in [0.717, 1.165) is 0 Å². The maximum Gasteiger partial charge on any atom is 0.303 e. The standard InChI is InChI=1S/C11H15NO4/c1-8(3-2-4-10(13)14)12-11(15)9-5-6-16-7-9/h5-8H,2-4H2,1H3,(H,12,15)(H,13,14). The number of nitrogens with one attached hydrogen (secondary N) is 1. The SMILES string of the molecule is CC(CCCC(=O)O)NC(=O)c1ccoc1. The second kappa shape index (κ2) is 5.95. The molecule has 1 amide bonds. The highest BCUT2D eigenvalue weighted by Gasteiger charge is 2.10. The van der Waals surface area contributed by atoms with E-state index in [9.17, 15) is 9.59 Å². The van der Waals surface area contributed by atoms with Crippen LogP contribution in [0, 0.1) is 0 Å². The number of hydrogen-bond acceptors (Lipinski definition) is 3. The van der Waals surface area contributed by atoms with Gasteiger partial charge in [-0.15, -0.1) is 0 Å². The van der Waals surface area contributed by atoms with Crippen LogP contribution in [0.5, 0.6) is 0 Å². The topological polar surface area (TPSA) is 79.5 Å². The lowest BCUT2D eigenvalue weighted by Gasteiger charge is -2.12. The molecule has 0 saturated carbocycles. The normalized spacial score (nSPS) is 12.1. The van der Waals surface area contributed by atoms with Gasteiger partial charge < -0.3 is 14.8 Å². The third-order valence-electron chi connectivity index (χ3n) is 2.19. The van der Waals surface area contributed by atoms with Gasteiger partial charge in [0.15, 0.2) is 0 Å². The van der Waals surface area contributed by atoms with Crippen LogP contribution in [0.15, 0.2) is 23.0 Å². The fourth-order valence-electron chi connectivity index (χ4n) is 1.33. The first-order chi connectivity index (χ1) is 7.59. The molecule has 5 heteroatoms. The number of carbonyl (C=O) groups is 2. The smallest absolute Gasteiger partial charge is 0.303 e. The van der Waals surface area contributed by atoms with E-state index < -0.39 is 5.97 Å². The average molecular weight is 225 g/mol. The summed E-state index contributed by atoms with van der Waals surface area (Å²) in [7, 11) is 0. The van der Waals surface area contributed by atoms with Crippen LogP contribution in [0.2, 0.25) is 0 Å². The molecule has 2 N–H and O–H groups in total. The van der Waals surface area contributed by atoms with Crippen molar-refractivity contribution in [3.05, 3.63) is 24.2 Å². The molecule has 0 bridgehead atoms. The molecule has 0 aromatic carbocycles. The van der Waals surface area contributed by atoms with E-state index in [1.165, 1.54) is 12.5 Å². The molecule has 1 rings (SSSR count). The molecule has 5 nitrogen and oxygen atoms in total. The number of hydrogen-bond donors (Lipinski definition) is 2. The Morgan fingerprint density at radius 3 is 2.88 bits per heavy atom. The maximum absolute atomic E-state index is 11.5. The van der Waals surface area contributed by atoms with Crippen molar-refractivity contribution in [2.75, 3.05) is 0 Å². The Balaban J connectivity index is 2.26. The molecule has 0 aliphatic carbocycles. The summed E-state index contributed by atoms with van der Waals surface area (Å²) in [6.45, 7) is 1.85. The maximum atomic E-state index is 11.5. The van der Waals surface area contributed by atoms with E-state index in [2.05, 4.69) is 5.32 Å². The van der Waals surface area contributed by atoms with Crippen molar-refractivity contribution in [3.8, 4) is 0 Å². The van der Waals surface area contributed by atoms with Crippen LogP contribution >= 0.6 is 0 Å². The number of carbonyl (C=O) groups excluding carboxylic acids is 1. The third-order valence-corrected chi connectivity index (χ3v) is 2.19. The summed E-state index contributed by atoms with van der Waals surface area (Å²) < 4.78 is 4.79. The van der Waals surface area contributed by atoms with Crippen LogP contribution in [0.25, 0.3) is 0 Å². The van der Waals surface area contributed by atoms with Gasteiger partial charge >= 0.3 is 5.97 Å². The van der Waals surface area contributed by atoms with Gasteiger partial charge in [0.05, 0.1) is 11.8 Å². The number of aliphatic carboxylic acids is 1. The number of amides is 1. The van der Waals surface area contributed by atoms with Crippen molar-refractivity contribution in [1.29, 1.82) is 0 Å². The molecular weight excluding hydrogens is 210 g/mol. The molecular formula is C11H15NO4. The van der Waals surface area contributed by atoms with E-state index >= 15 is 0 Å². The zero-order valence-corrected chi connectivity index (χ0v) is 9.10. The van der Waals surface area contributed by atoms with Gasteiger partial charge in [-0.3, -0.25) is 9.59 Å². The zero-order chi connectivity index (χ0) is 12.0.